The van der Waals surface area contributed by atoms with E-state index in [-0.39, 0.29) is 29.9 Å². The minimum Gasteiger partial charge on any atom is -0.366 e. The SMILES string of the molecule is CCn1c(-c2nc3cc(C(=O)N4CCC[C@@H](N)C4)cc(C(N)=O)c3n2C)cc2ccccc21.Cl. The van der Waals surface area contributed by atoms with Crippen molar-refractivity contribution in [2.45, 2.75) is 32.4 Å². The number of carbonyl (C=O) groups is 2. The van der Waals surface area contributed by atoms with Crippen molar-refractivity contribution in [3.05, 3.63) is 53.6 Å². The molecule has 0 unspecified atom stereocenters. The summed E-state index contributed by atoms with van der Waals surface area (Å²) in [7, 11) is 1.87. The molecule has 1 saturated heterocycles. The summed E-state index contributed by atoms with van der Waals surface area (Å²) in [6, 6.07) is 13.6. The van der Waals surface area contributed by atoms with Crippen molar-refractivity contribution in [3.63, 3.8) is 0 Å². The van der Waals surface area contributed by atoms with Crippen molar-refractivity contribution in [3.8, 4) is 11.5 Å². The Hall–Kier alpha value is -3.36. The molecule has 9 heteroatoms. The molecule has 8 nitrogen and oxygen atoms in total. The number of likely N-dealkylation sites (tertiary alicyclic amines) is 1. The molecule has 0 spiro atoms. The number of fused-ring (bicyclic) bond motifs is 2. The van der Waals surface area contributed by atoms with Crippen LogP contribution in [0.1, 0.15) is 40.5 Å². The molecule has 0 bridgehead atoms. The van der Waals surface area contributed by atoms with E-state index in [1.54, 1.807) is 17.0 Å². The van der Waals surface area contributed by atoms with Crippen molar-refractivity contribution in [1.29, 1.82) is 0 Å². The predicted molar refractivity (Wildman–Crippen MR) is 136 cm³/mol. The second-order valence-electron chi connectivity index (χ2n) is 8.74. The van der Waals surface area contributed by atoms with E-state index in [1.807, 2.05) is 23.7 Å². The van der Waals surface area contributed by atoms with Gasteiger partial charge in [0.05, 0.1) is 22.3 Å². The highest BCUT2D eigenvalue weighted by atomic mass is 35.5. The summed E-state index contributed by atoms with van der Waals surface area (Å²) >= 11 is 0. The summed E-state index contributed by atoms with van der Waals surface area (Å²) < 4.78 is 4.09. The van der Waals surface area contributed by atoms with Crippen LogP contribution in [0.15, 0.2) is 42.5 Å². The minimum absolute atomic E-state index is 0. The van der Waals surface area contributed by atoms with Gasteiger partial charge in [-0.3, -0.25) is 9.59 Å². The average Bonchev–Trinajstić information content (AvgIpc) is 3.35. The van der Waals surface area contributed by atoms with Gasteiger partial charge in [0.2, 0.25) is 0 Å². The van der Waals surface area contributed by atoms with Gasteiger partial charge < -0.3 is 25.5 Å². The van der Waals surface area contributed by atoms with Gasteiger partial charge in [0, 0.05) is 49.2 Å². The first-order valence-corrected chi connectivity index (χ1v) is 11.3. The van der Waals surface area contributed by atoms with Gasteiger partial charge in [-0.25, -0.2) is 4.98 Å². The molecule has 2 amide bonds. The summed E-state index contributed by atoms with van der Waals surface area (Å²) in [6.07, 6.45) is 1.78. The second-order valence-corrected chi connectivity index (χ2v) is 8.74. The van der Waals surface area contributed by atoms with Crippen molar-refractivity contribution < 1.29 is 9.59 Å². The molecule has 1 fully saturated rings. The number of imidazole rings is 1. The Morgan fingerprint density at radius 1 is 1.18 bits per heavy atom. The zero-order valence-electron chi connectivity index (χ0n) is 19.3. The molecule has 3 heterocycles. The van der Waals surface area contributed by atoms with Crippen molar-refractivity contribution in [2.75, 3.05) is 13.1 Å². The fraction of sp³-hybridized carbons (Fsp3) is 0.320. The number of amides is 2. The molecule has 2 aromatic heterocycles. The molecule has 178 valence electrons. The Bertz CT molecular complexity index is 1410. The molecule has 1 atom stereocenters. The van der Waals surface area contributed by atoms with Crippen molar-refractivity contribution in [1.82, 2.24) is 19.0 Å². The topological polar surface area (TPSA) is 112 Å². The van der Waals surface area contributed by atoms with E-state index in [2.05, 4.69) is 29.7 Å². The number of para-hydroxylation sites is 1. The van der Waals surface area contributed by atoms with Crippen molar-refractivity contribution >= 4 is 46.2 Å². The zero-order chi connectivity index (χ0) is 23.3. The molecule has 1 aliphatic rings. The van der Waals surface area contributed by atoms with Crippen LogP contribution in [-0.2, 0) is 13.6 Å². The lowest BCUT2D eigenvalue weighted by Crippen LogP contribution is -2.45. The first-order chi connectivity index (χ1) is 15.9. The van der Waals surface area contributed by atoms with Gasteiger partial charge in [-0.1, -0.05) is 18.2 Å². The molecule has 0 aliphatic carbocycles. The Morgan fingerprint density at radius 2 is 1.94 bits per heavy atom. The average molecular weight is 481 g/mol. The molecule has 1 aliphatic heterocycles. The van der Waals surface area contributed by atoms with Crippen LogP contribution in [-0.4, -0.2) is 50.0 Å². The zero-order valence-corrected chi connectivity index (χ0v) is 20.1. The van der Waals surface area contributed by atoms with E-state index in [0.717, 1.165) is 41.8 Å². The first-order valence-electron chi connectivity index (χ1n) is 11.3. The summed E-state index contributed by atoms with van der Waals surface area (Å²) in [5, 5.41) is 1.12. The molecular formula is C25H29ClN6O2. The standard InChI is InChI=1S/C25H28N6O2.ClH/c1-3-31-20-9-5-4-7-15(20)13-21(31)24-28-19-12-16(11-18(23(27)32)22(19)29(24)2)25(33)30-10-6-8-17(26)14-30;/h4-5,7,9,11-13,17H,3,6,8,10,14,26H2,1-2H3,(H2,27,32);1H/t17-;/m1./s1. The lowest BCUT2D eigenvalue weighted by molar-refractivity contribution is 0.0709. The lowest BCUT2D eigenvalue weighted by atomic mass is 10.0. The highest BCUT2D eigenvalue weighted by Gasteiger charge is 2.26. The molecule has 5 rings (SSSR count). The van der Waals surface area contributed by atoms with Crippen LogP contribution in [0.25, 0.3) is 33.5 Å². The molecule has 2 aromatic carbocycles. The number of benzene rings is 2. The van der Waals surface area contributed by atoms with Crippen LogP contribution < -0.4 is 11.5 Å². The lowest BCUT2D eigenvalue weighted by Gasteiger charge is -2.30. The normalized spacial score (nSPS) is 16.1. The molecule has 0 radical (unpaired) electrons. The third-order valence-corrected chi connectivity index (χ3v) is 6.58. The highest BCUT2D eigenvalue weighted by Crippen LogP contribution is 2.32. The monoisotopic (exact) mass is 480 g/mol. The van der Waals surface area contributed by atoms with E-state index in [0.29, 0.717) is 29.7 Å². The Morgan fingerprint density at radius 3 is 2.65 bits per heavy atom. The smallest absolute Gasteiger partial charge is 0.254 e. The third-order valence-electron chi connectivity index (χ3n) is 6.58. The number of halogens is 1. The largest absolute Gasteiger partial charge is 0.366 e. The maximum Gasteiger partial charge on any atom is 0.254 e. The molecular weight excluding hydrogens is 452 g/mol. The van der Waals surface area contributed by atoms with E-state index in [9.17, 15) is 9.59 Å². The summed E-state index contributed by atoms with van der Waals surface area (Å²) in [4.78, 5) is 32.3. The summed E-state index contributed by atoms with van der Waals surface area (Å²) in [5.74, 6) is -0.0184. The number of hydrogen-bond donors (Lipinski definition) is 2. The van der Waals surface area contributed by atoms with E-state index < -0.39 is 5.91 Å². The number of piperidine rings is 1. The number of hydrogen-bond acceptors (Lipinski definition) is 4. The summed E-state index contributed by atoms with van der Waals surface area (Å²) in [5.41, 5.74) is 15.8. The van der Waals surface area contributed by atoms with E-state index in [1.165, 1.54) is 0 Å². The first kappa shape index (κ1) is 23.8. The molecule has 34 heavy (non-hydrogen) atoms. The third kappa shape index (κ3) is 3.82. The van der Waals surface area contributed by atoms with Crippen LogP contribution in [0.3, 0.4) is 0 Å². The Balaban J connectivity index is 0.00000274. The van der Waals surface area contributed by atoms with Gasteiger partial charge in [-0.05, 0) is 44.0 Å². The number of rotatable bonds is 4. The van der Waals surface area contributed by atoms with Gasteiger partial charge >= 0.3 is 0 Å². The summed E-state index contributed by atoms with van der Waals surface area (Å²) in [6.45, 7) is 4.02. The van der Waals surface area contributed by atoms with Gasteiger partial charge in [0.25, 0.3) is 11.8 Å². The number of primary amides is 1. The number of nitrogens with zero attached hydrogens (tertiary/aromatic N) is 4. The number of nitrogens with two attached hydrogens (primary N) is 2. The van der Waals surface area contributed by atoms with E-state index in [4.69, 9.17) is 16.5 Å². The fourth-order valence-corrected chi connectivity index (χ4v) is 5.01. The van der Waals surface area contributed by atoms with Gasteiger partial charge in [-0.2, -0.15) is 0 Å². The van der Waals surface area contributed by atoms with Crippen LogP contribution >= 0.6 is 12.4 Å². The van der Waals surface area contributed by atoms with E-state index >= 15 is 0 Å². The highest BCUT2D eigenvalue weighted by molar-refractivity contribution is 6.09. The second kappa shape index (κ2) is 9.12. The number of aryl methyl sites for hydroxylation is 2. The maximum absolute atomic E-state index is 13.2. The molecule has 4 N–H and O–H groups in total. The quantitative estimate of drug-likeness (QED) is 0.466. The fourth-order valence-electron chi connectivity index (χ4n) is 5.01. The Labute approximate surface area is 203 Å². The van der Waals surface area contributed by atoms with Crippen LogP contribution in [0, 0.1) is 0 Å². The number of aromatic nitrogens is 3. The number of carbonyl (C=O) groups excluding carboxylic acids is 2. The minimum atomic E-state index is -0.587. The van der Waals surface area contributed by atoms with Gasteiger partial charge in [0.15, 0.2) is 5.82 Å². The Kier molecular flexibility index (Phi) is 6.38. The van der Waals surface area contributed by atoms with Crippen LogP contribution in [0.2, 0.25) is 0 Å². The van der Waals surface area contributed by atoms with Crippen LogP contribution in [0.5, 0.6) is 0 Å². The van der Waals surface area contributed by atoms with Gasteiger partial charge in [-0.15, -0.1) is 12.4 Å². The van der Waals surface area contributed by atoms with Crippen molar-refractivity contribution in [2.24, 2.45) is 18.5 Å². The maximum atomic E-state index is 13.2. The molecule has 0 saturated carbocycles. The predicted octanol–water partition coefficient (Wildman–Crippen LogP) is 3.30. The molecule has 4 aromatic rings. The van der Waals surface area contributed by atoms with Crippen LogP contribution in [0.4, 0.5) is 0 Å². The van der Waals surface area contributed by atoms with Gasteiger partial charge in [0.1, 0.15) is 0 Å².